The fraction of sp³-hybridized carbons (Fsp3) is 0.621. The largest absolute Gasteiger partial charge is 0.469 e. The van der Waals surface area contributed by atoms with Crippen molar-refractivity contribution in [3.63, 3.8) is 0 Å². The minimum absolute atomic E-state index is 0.0246. The molecule has 3 fully saturated rings. The highest BCUT2D eigenvalue weighted by Gasteiger charge is 2.75. The lowest BCUT2D eigenvalue weighted by Crippen LogP contribution is -2.70. The molecule has 3 aliphatic carbocycles. The number of fused-ring (bicyclic) bond motifs is 4. The summed E-state index contributed by atoms with van der Waals surface area (Å²) in [5.41, 5.74) is 1.29. The number of hydrogen-bond donors (Lipinski definition) is 0. The average Bonchev–Trinajstić information content (AvgIpc) is 3.47. The maximum atomic E-state index is 13.8. The summed E-state index contributed by atoms with van der Waals surface area (Å²) in [5, 5.41) is 0. The van der Waals surface area contributed by atoms with Crippen LogP contribution in [0, 0.1) is 35.0 Å². The molecule has 36 heavy (non-hydrogen) atoms. The average molecular weight is 495 g/mol. The molecule has 9 atom stereocenters. The number of carbonyl (C=O) groups excluding carboxylic acids is 3. The molecule has 2 aliphatic heterocycles. The van der Waals surface area contributed by atoms with Gasteiger partial charge >= 0.3 is 11.9 Å². The normalized spacial score (nSPS) is 44.7. The van der Waals surface area contributed by atoms with Gasteiger partial charge in [0.1, 0.15) is 18.0 Å². The molecule has 0 N–H and O–H groups in total. The summed E-state index contributed by atoms with van der Waals surface area (Å²) in [6.07, 6.45) is 5.06. The number of methoxy groups -OCH3 is 1. The molecular weight excluding hydrogens is 460 g/mol. The minimum Gasteiger partial charge on any atom is -0.469 e. The number of ether oxygens (including phenoxy) is 3. The first-order valence-corrected chi connectivity index (χ1v) is 12.9. The smallest absolute Gasteiger partial charge is 0.307 e. The van der Waals surface area contributed by atoms with Crippen LogP contribution in [0.2, 0.25) is 0 Å². The van der Waals surface area contributed by atoms with Crippen LogP contribution >= 0.6 is 0 Å². The highest BCUT2D eigenvalue weighted by molar-refractivity contribution is 5.97. The van der Waals surface area contributed by atoms with Crippen LogP contribution in [0.3, 0.4) is 0 Å². The van der Waals surface area contributed by atoms with E-state index in [2.05, 4.69) is 13.8 Å². The SMILES string of the molecule is COC(=O)C[C@H]1[C@]2(C)C3=C(C)[C@H](c4ccoc4C)C[C@H]3O[C@@H]2[C@@H]2OC(=O)C[C@]3(C)C=CC(=O)[C@@]1(C)[C@@H]23. The number of esters is 2. The molecule has 1 saturated carbocycles. The molecule has 7 heteroatoms. The number of carbonyl (C=O) groups is 3. The van der Waals surface area contributed by atoms with Crippen LogP contribution in [0.4, 0.5) is 0 Å². The summed E-state index contributed by atoms with van der Waals surface area (Å²) in [5.74, 6) is -0.301. The molecule has 0 radical (unpaired) electrons. The van der Waals surface area contributed by atoms with Gasteiger partial charge in [0.25, 0.3) is 0 Å². The Bertz CT molecular complexity index is 1240. The van der Waals surface area contributed by atoms with E-state index in [1.165, 1.54) is 12.7 Å². The second-order valence-corrected chi connectivity index (χ2v) is 12.1. The molecule has 6 rings (SSSR count). The highest BCUT2D eigenvalue weighted by Crippen LogP contribution is 2.71. The summed E-state index contributed by atoms with van der Waals surface area (Å²) in [6, 6.07) is 2.01. The van der Waals surface area contributed by atoms with E-state index in [0.29, 0.717) is 0 Å². The molecule has 1 aromatic heterocycles. The Morgan fingerprint density at radius 2 is 1.92 bits per heavy atom. The van der Waals surface area contributed by atoms with Gasteiger partial charge in [-0.1, -0.05) is 32.4 Å². The number of hydrogen-bond acceptors (Lipinski definition) is 7. The summed E-state index contributed by atoms with van der Waals surface area (Å²) in [6.45, 7) is 10.2. The molecule has 0 amide bonds. The van der Waals surface area contributed by atoms with Crippen LogP contribution in [0.15, 0.2) is 40.0 Å². The summed E-state index contributed by atoms with van der Waals surface area (Å²) < 4.78 is 23.7. The van der Waals surface area contributed by atoms with Crippen molar-refractivity contribution in [2.24, 2.45) is 28.1 Å². The van der Waals surface area contributed by atoms with Gasteiger partial charge in [0, 0.05) is 33.6 Å². The quantitative estimate of drug-likeness (QED) is 0.453. The van der Waals surface area contributed by atoms with Crippen molar-refractivity contribution in [2.45, 2.75) is 78.1 Å². The Labute approximate surface area is 211 Å². The lowest BCUT2D eigenvalue weighted by molar-refractivity contribution is -0.240. The number of furan rings is 1. The lowest BCUT2D eigenvalue weighted by atomic mass is 9.40. The Kier molecular flexibility index (Phi) is 4.90. The van der Waals surface area contributed by atoms with Gasteiger partial charge in [-0.05, 0) is 43.9 Å². The predicted octanol–water partition coefficient (Wildman–Crippen LogP) is 4.44. The van der Waals surface area contributed by atoms with Crippen LogP contribution in [0.5, 0.6) is 0 Å². The molecule has 2 saturated heterocycles. The fourth-order valence-electron chi connectivity index (χ4n) is 9.01. The first-order chi connectivity index (χ1) is 17.0. The Hall–Kier alpha value is -2.67. The van der Waals surface area contributed by atoms with Gasteiger partial charge in [0.05, 0.1) is 32.3 Å². The van der Waals surface area contributed by atoms with Crippen molar-refractivity contribution >= 4 is 17.7 Å². The number of rotatable bonds is 3. The van der Waals surface area contributed by atoms with Crippen molar-refractivity contribution in [1.29, 1.82) is 0 Å². The second-order valence-electron chi connectivity index (χ2n) is 12.1. The van der Waals surface area contributed by atoms with Gasteiger partial charge in [0.2, 0.25) is 0 Å². The first-order valence-electron chi connectivity index (χ1n) is 12.9. The minimum atomic E-state index is -0.927. The van der Waals surface area contributed by atoms with Gasteiger partial charge in [-0.2, -0.15) is 0 Å². The Balaban J connectivity index is 1.57. The molecule has 0 spiro atoms. The highest BCUT2D eigenvalue weighted by atomic mass is 16.6. The Morgan fingerprint density at radius 3 is 2.58 bits per heavy atom. The van der Waals surface area contributed by atoms with Gasteiger partial charge in [-0.15, -0.1) is 0 Å². The van der Waals surface area contributed by atoms with Crippen LogP contribution in [0.25, 0.3) is 0 Å². The summed E-state index contributed by atoms with van der Waals surface area (Å²) in [4.78, 5) is 39.6. The van der Waals surface area contributed by atoms with Gasteiger partial charge in [-0.25, -0.2) is 0 Å². The van der Waals surface area contributed by atoms with Crippen molar-refractivity contribution in [3.8, 4) is 0 Å². The monoisotopic (exact) mass is 494 g/mol. The molecule has 0 aromatic carbocycles. The zero-order chi connectivity index (χ0) is 25.8. The maximum absolute atomic E-state index is 13.8. The molecule has 0 bridgehead atoms. The van der Waals surface area contributed by atoms with Crippen molar-refractivity contribution in [3.05, 3.63) is 47.0 Å². The number of aryl methyl sites for hydroxylation is 1. The molecule has 5 aliphatic rings. The Morgan fingerprint density at radius 1 is 1.17 bits per heavy atom. The molecule has 1 aromatic rings. The molecule has 192 valence electrons. The lowest BCUT2D eigenvalue weighted by Gasteiger charge is -2.64. The van der Waals surface area contributed by atoms with Gasteiger partial charge in [-0.3, -0.25) is 14.4 Å². The van der Waals surface area contributed by atoms with Crippen molar-refractivity contribution in [2.75, 3.05) is 7.11 Å². The predicted molar refractivity (Wildman–Crippen MR) is 129 cm³/mol. The topological polar surface area (TPSA) is 92.0 Å². The third-order valence-corrected chi connectivity index (χ3v) is 10.4. The fourth-order valence-corrected chi connectivity index (χ4v) is 9.01. The van der Waals surface area contributed by atoms with Crippen LogP contribution in [0.1, 0.15) is 64.2 Å². The van der Waals surface area contributed by atoms with E-state index < -0.39 is 28.5 Å². The number of allylic oxidation sites excluding steroid dienone is 3. The first kappa shape index (κ1) is 23.7. The van der Waals surface area contributed by atoms with Crippen molar-refractivity contribution < 1.29 is 33.0 Å². The van der Waals surface area contributed by atoms with Crippen LogP contribution < -0.4 is 0 Å². The van der Waals surface area contributed by atoms with Gasteiger partial charge in [0.15, 0.2) is 5.78 Å². The third-order valence-electron chi connectivity index (χ3n) is 10.4. The van der Waals surface area contributed by atoms with Crippen molar-refractivity contribution in [1.82, 2.24) is 0 Å². The van der Waals surface area contributed by atoms with Crippen LogP contribution in [-0.4, -0.2) is 43.1 Å². The van der Waals surface area contributed by atoms with E-state index in [9.17, 15) is 14.4 Å². The molecule has 7 nitrogen and oxygen atoms in total. The maximum Gasteiger partial charge on any atom is 0.307 e. The van der Waals surface area contributed by atoms with E-state index in [-0.39, 0.29) is 54.4 Å². The zero-order valence-corrected chi connectivity index (χ0v) is 21.8. The van der Waals surface area contributed by atoms with E-state index in [4.69, 9.17) is 18.6 Å². The molecule has 0 unspecified atom stereocenters. The van der Waals surface area contributed by atoms with E-state index in [1.807, 2.05) is 32.9 Å². The molecule has 3 heterocycles. The summed E-state index contributed by atoms with van der Waals surface area (Å²) >= 11 is 0. The van der Waals surface area contributed by atoms with Gasteiger partial charge < -0.3 is 18.6 Å². The zero-order valence-electron chi connectivity index (χ0n) is 21.8. The standard InChI is InChI=1S/C29H34O7/c1-14-17(16-8-10-34-15(16)2)11-18-23(14)29(5)19(12-21(31)33-6)28(4)20(30)7-9-27(3)13-22(32)36-24(25(27)28)26(29)35-18/h7-10,17-19,24-26H,11-13H2,1-6H3/t17-,18-,19-,24-,25+,26-,27+,28+,29-/m1/s1. The second kappa shape index (κ2) is 7.44. The van der Waals surface area contributed by atoms with E-state index >= 15 is 0 Å². The van der Waals surface area contributed by atoms with E-state index in [0.717, 1.165) is 23.3 Å². The van der Waals surface area contributed by atoms with E-state index in [1.54, 1.807) is 12.3 Å². The number of ketones is 1. The third kappa shape index (κ3) is 2.75. The molecular formula is C29H34O7. The summed E-state index contributed by atoms with van der Waals surface area (Å²) in [7, 11) is 1.39. The van der Waals surface area contributed by atoms with Crippen LogP contribution in [-0.2, 0) is 28.6 Å².